The number of likely N-dealkylation sites (tertiary alicyclic amines) is 1. The molecule has 0 aliphatic carbocycles. The molecule has 2 aromatic rings. The highest BCUT2D eigenvalue weighted by molar-refractivity contribution is 5.43. The summed E-state index contributed by atoms with van der Waals surface area (Å²) in [6.07, 6.45) is 2.76. The summed E-state index contributed by atoms with van der Waals surface area (Å²) in [4.78, 5) is 2.56. The summed E-state index contributed by atoms with van der Waals surface area (Å²) in [6.45, 7) is 8.32. The van der Waals surface area contributed by atoms with Crippen LogP contribution in [-0.2, 0) is 6.54 Å². The molecule has 4 nitrogen and oxygen atoms in total. The number of rotatable bonds is 9. The van der Waals surface area contributed by atoms with E-state index in [0.29, 0.717) is 6.04 Å². The number of hydrogen-bond donors (Lipinski definition) is 1. The van der Waals surface area contributed by atoms with Crippen molar-refractivity contribution in [2.24, 2.45) is 0 Å². The average molecular weight is 369 g/mol. The van der Waals surface area contributed by atoms with Crippen molar-refractivity contribution >= 4 is 0 Å². The lowest BCUT2D eigenvalue weighted by Gasteiger charge is -2.25. The molecule has 0 radical (unpaired) electrons. The molecule has 0 aromatic heterocycles. The summed E-state index contributed by atoms with van der Waals surface area (Å²) in [5, 5.41) is 3.75. The zero-order valence-electron chi connectivity index (χ0n) is 16.8. The molecular weight excluding hydrogens is 336 g/mol. The van der Waals surface area contributed by atoms with E-state index in [2.05, 4.69) is 52.7 Å². The van der Waals surface area contributed by atoms with E-state index in [0.717, 1.165) is 24.6 Å². The minimum absolute atomic E-state index is 0.130. The monoisotopic (exact) mass is 368 g/mol. The van der Waals surface area contributed by atoms with Gasteiger partial charge in [-0.1, -0.05) is 36.4 Å². The highest BCUT2D eigenvalue weighted by Crippen LogP contribution is 2.29. The van der Waals surface area contributed by atoms with Gasteiger partial charge in [0.05, 0.1) is 13.2 Å². The molecule has 146 valence electrons. The lowest BCUT2D eigenvalue weighted by atomic mass is 10.1. The van der Waals surface area contributed by atoms with Gasteiger partial charge in [0.1, 0.15) is 0 Å². The maximum Gasteiger partial charge on any atom is 0.161 e. The van der Waals surface area contributed by atoms with Crippen LogP contribution in [0.1, 0.15) is 43.9 Å². The van der Waals surface area contributed by atoms with Crippen LogP contribution in [0.5, 0.6) is 11.5 Å². The van der Waals surface area contributed by atoms with Gasteiger partial charge in [0.2, 0.25) is 0 Å². The van der Waals surface area contributed by atoms with Crippen LogP contribution in [0.25, 0.3) is 0 Å². The van der Waals surface area contributed by atoms with Crippen LogP contribution in [0.2, 0.25) is 0 Å². The van der Waals surface area contributed by atoms with Gasteiger partial charge >= 0.3 is 0 Å². The standard InChI is InChI=1S/C23H32N2O2/c1-18(2)27-22-12-11-19(15-23(22)26-3)16-24-21(17-25-13-7-8-14-25)20-9-5-4-6-10-20/h4-6,9-12,15,18,21,24H,7-8,13-14,16-17H2,1-3H3. The van der Waals surface area contributed by atoms with Gasteiger partial charge in [-0.05, 0) is 63.0 Å². The zero-order valence-corrected chi connectivity index (χ0v) is 16.8. The summed E-state index contributed by atoms with van der Waals surface area (Å²) >= 11 is 0. The SMILES string of the molecule is COc1cc(CNC(CN2CCCC2)c2ccccc2)ccc1OC(C)C. The number of benzene rings is 2. The third-order valence-corrected chi connectivity index (χ3v) is 4.98. The average Bonchev–Trinajstić information content (AvgIpc) is 3.19. The molecule has 3 rings (SSSR count). The molecule has 1 saturated heterocycles. The molecule has 0 saturated carbocycles. The van der Waals surface area contributed by atoms with Crippen LogP contribution >= 0.6 is 0 Å². The maximum atomic E-state index is 5.82. The van der Waals surface area contributed by atoms with Gasteiger partial charge in [-0.3, -0.25) is 0 Å². The number of nitrogens with one attached hydrogen (secondary N) is 1. The second kappa shape index (κ2) is 9.77. The fourth-order valence-corrected chi connectivity index (χ4v) is 3.61. The number of nitrogens with zero attached hydrogens (tertiary/aromatic N) is 1. The predicted molar refractivity (Wildman–Crippen MR) is 110 cm³/mol. The van der Waals surface area contributed by atoms with Crippen molar-refractivity contribution in [2.75, 3.05) is 26.7 Å². The minimum atomic E-state index is 0.130. The molecule has 1 aliphatic heterocycles. The van der Waals surface area contributed by atoms with Crippen molar-refractivity contribution in [1.82, 2.24) is 10.2 Å². The quantitative estimate of drug-likeness (QED) is 0.711. The van der Waals surface area contributed by atoms with Crippen molar-refractivity contribution in [3.8, 4) is 11.5 Å². The van der Waals surface area contributed by atoms with E-state index in [1.807, 2.05) is 19.9 Å². The first-order valence-corrected chi connectivity index (χ1v) is 10.00. The first-order chi connectivity index (χ1) is 13.2. The Bertz CT molecular complexity index is 697. The molecule has 1 unspecified atom stereocenters. The predicted octanol–water partition coefficient (Wildman–Crippen LogP) is 4.41. The van der Waals surface area contributed by atoms with Gasteiger partial charge < -0.3 is 19.7 Å². The molecule has 1 aliphatic rings. The fourth-order valence-electron chi connectivity index (χ4n) is 3.61. The molecule has 0 spiro atoms. The minimum Gasteiger partial charge on any atom is -0.493 e. The Morgan fingerprint density at radius 1 is 1.00 bits per heavy atom. The topological polar surface area (TPSA) is 33.7 Å². The van der Waals surface area contributed by atoms with E-state index < -0.39 is 0 Å². The lowest BCUT2D eigenvalue weighted by Crippen LogP contribution is -2.33. The van der Waals surface area contributed by atoms with Crippen LogP contribution in [0.15, 0.2) is 48.5 Å². The van der Waals surface area contributed by atoms with Crippen LogP contribution in [0.3, 0.4) is 0 Å². The summed E-state index contributed by atoms with van der Waals surface area (Å²) in [5.74, 6) is 1.59. The number of hydrogen-bond acceptors (Lipinski definition) is 4. The molecule has 27 heavy (non-hydrogen) atoms. The summed E-state index contributed by atoms with van der Waals surface area (Å²) < 4.78 is 11.3. The Morgan fingerprint density at radius 3 is 2.41 bits per heavy atom. The van der Waals surface area contributed by atoms with Crippen LogP contribution < -0.4 is 14.8 Å². The summed E-state index contributed by atoms with van der Waals surface area (Å²) in [6, 6.07) is 17.3. The van der Waals surface area contributed by atoms with Crippen LogP contribution in [0.4, 0.5) is 0 Å². The molecule has 2 aromatic carbocycles. The smallest absolute Gasteiger partial charge is 0.161 e. The molecule has 0 bridgehead atoms. The molecule has 4 heteroatoms. The van der Waals surface area contributed by atoms with Gasteiger partial charge in [0.15, 0.2) is 11.5 Å². The van der Waals surface area contributed by atoms with Crippen molar-refractivity contribution in [3.05, 3.63) is 59.7 Å². The van der Waals surface area contributed by atoms with E-state index in [4.69, 9.17) is 9.47 Å². The first kappa shape index (κ1) is 19.7. The number of ether oxygens (including phenoxy) is 2. The van der Waals surface area contributed by atoms with Gasteiger partial charge in [0, 0.05) is 19.1 Å². The highest BCUT2D eigenvalue weighted by Gasteiger charge is 2.19. The largest absolute Gasteiger partial charge is 0.493 e. The van der Waals surface area contributed by atoms with E-state index in [1.165, 1.54) is 37.1 Å². The Morgan fingerprint density at radius 2 is 1.74 bits per heavy atom. The third kappa shape index (κ3) is 5.72. The summed E-state index contributed by atoms with van der Waals surface area (Å²) in [7, 11) is 1.69. The van der Waals surface area contributed by atoms with E-state index in [9.17, 15) is 0 Å². The van der Waals surface area contributed by atoms with Gasteiger partial charge in [-0.2, -0.15) is 0 Å². The first-order valence-electron chi connectivity index (χ1n) is 10.00. The van der Waals surface area contributed by atoms with Crippen LogP contribution in [-0.4, -0.2) is 37.7 Å². The summed E-state index contributed by atoms with van der Waals surface area (Å²) in [5.41, 5.74) is 2.54. The Hall–Kier alpha value is -2.04. The van der Waals surface area contributed by atoms with E-state index in [-0.39, 0.29) is 6.10 Å². The fraction of sp³-hybridized carbons (Fsp3) is 0.478. The van der Waals surface area contributed by atoms with Gasteiger partial charge in [-0.15, -0.1) is 0 Å². The van der Waals surface area contributed by atoms with Crippen LogP contribution in [0, 0.1) is 0 Å². The Balaban J connectivity index is 1.69. The molecule has 1 N–H and O–H groups in total. The van der Waals surface area contributed by atoms with E-state index in [1.54, 1.807) is 7.11 Å². The maximum absolute atomic E-state index is 5.82. The third-order valence-electron chi connectivity index (χ3n) is 4.98. The normalized spacial score (nSPS) is 15.9. The Kier molecular flexibility index (Phi) is 7.13. The molecule has 1 atom stereocenters. The molecule has 0 amide bonds. The van der Waals surface area contributed by atoms with E-state index >= 15 is 0 Å². The second-order valence-electron chi connectivity index (χ2n) is 7.50. The molecule has 1 fully saturated rings. The van der Waals surface area contributed by atoms with Gasteiger partial charge in [-0.25, -0.2) is 0 Å². The Labute approximate surface area is 163 Å². The second-order valence-corrected chi connectivity index (χ2v) is 7.50. The molecular formula is C23H32N2O2. The molecule has 1 heterocycles. The van der Waals surface area contributed by atoms with Crippen molar-refractivity contribution in [2.45, 2.75) is 45.4 Å². The van der Waals surface area contributed by atoms with Crippen molar-refractivity contribution in [3.63, 3.8) is 0 Å². The van der Waals surface area contributed by atoms with Gasteiger partial charge in [0.25, 0.3) is 0 Å². The van der Waals surface area contributed by atoms with Crippen molar-refractivity contribution < 1.29 is 9.47 Å². The zero-order chi connectivity index (χ0) is 19.1. The number of methoxy groups -OCH3 is 1. The van der Waals surface area contributed by atoms with Crippen molar-refractivity contribution in [1.29, 1.82) is 0 Å². The lowest BCUT2D eigenvalue weighted by molar-refractivity contribution is 0.230. The highest BCUT2D eigenvalue weighted by atomic mass is 16.5.